The Labute approximate surface area is 164 Å². The molecule has 7 heteroatoms. The summed E-state index contributed by atoms with van der Waals surface area (Å²) in [4.78, 5) is 12.5. The van der Waals surface area contributed by atoms with E-state index in [0.717, 1.165) is 18.4 Å². The van der Waals surface area contributed by atoms with Crippen LogP contribution in [0, 0.1) is 5.82 Å². The van der Waals surface area contributed by atoms with E-state index in [1.54, 1.807) is 37.4 Å². The second-order valence-electron chi connectivity index (χ2n) is 6.77. The van der Waals surface area contributed by atoms with E-state index >= 15 is 0 Å². The number of rotatable bonds is 6. The van der Waals surface area contributed by atoms with E-state index in [9.17, 15) is 9.18 Å². The van der Waals surface area contributed by atoms with Crippen LogP contribution in [0.25, 0.3) is 0 Å². The van der Waals surface area contributed by atoms with Crippen molar-refractivity contribution in [1.29, 1.82) is 0 Å². The zero-order valence-corrected chi connectivity index (χ0v) is 16.1. The molecule has 0 atom stereocenters. The van der Waals surface area contributed by atoms with Crippen LogP contribution in [0.15, 0.2) is 42.5 Å². The smallest absolute Gasteiger partial charge is 0.319 e. The van der Waals surface area contributed by atoms with Gasteiger partial charge >= 0.3 is 6.03 Å². The number of hydrogen-bond donors (Lipinski definition) is 2. The molecule has 3 rings (SSSR count). The second-order valence-corrected chi connectivity index (χ2v) is 6.77. The van der Waals surface area contributed by atoms with Crippen molar-refractivity contribution in [2.75, 3.05) is 39.3 Å². The first kappa shape index (κ1) is 19.9. The van der Waals surface area contributed by atoms with Crippen molar-refractivity contribution in [3.8, 4) is 11.5 Å². The van der Waals surface area contributed by atoms with Gasteiger partial charge in [0.1, 0.15) is 17.3 Å². The van der Waals surface area contributed by atoms with Crippen LogP contribution >= 0.6 is 0 Å². The molecule has 2 N–H and O–H groups in total. The first-order valence-corrected chi connectivity index (χ1v) is 9.17. The Hall–Kier alpha value is -2.80. The number of carbonyl (C=O) groups is 1. The van der Waals surface area contributed by atoms with E-state index in [4.69, 9.17) is 14.2 Å². The van der Waals surface area contributed by atoms with Gasteiger partial charge in [0.25, 0.3) is 0 Å². The van der Waals surface area contributed by atoms with E-state index < -0.39 is 0 Å². The molecule has 1 fully saturated rings. The fraction of sp³-hybridized carbons (Fsp3) is 0.381. The molecule has 150 valence electrons. The first-order valence-electron chi connectivity index (χ1n) is 9.17. The zero-order valence-electron chi connectivity index (χ0n) is 16.1. The summed E-state index contributed by atoms with van der Waals surface area (Å²) in [5, 5.41) is 5.76. The topological polar surface area (TPSA) is 68.8 Å². The van der Waals surface area contributed by atoms with Crippen LogP contribution in [-0.4, -0.2) is 40.0 Å². The van der Waals surface area contributed by atoms with Crippen molar-refractivity contribution < 1.29 is 23.4 Å². The van der Waals surface area contributed by atoms with Gasteiger partial charge in [-0.1, -0.05) is 12.1 Å². The Balaban J connectivity index is 1.70. The van der Waals surface area contributed by atoms with Gasteiger partial charge in [0.2, 0.25) is 0 Å². The number of methoxy groups -OCH3 is 2. The average molecular weight is 388 g/mol. The van der Waals surface area contributed by atoms with E-state index in [1.807, 2.05) is 0 Å². The monoisotopic (exact) mass is 388 g/mol. The summed E-state index contributed by atoms with van der Waals surface area (Å²) in [5.41, 5.74) is 1.26. The summed E-state index contributed by atoms with van der Waals surface area (Å²) >= 11 is 0. The predicted octanol–water partition coefficient (Wildman–Crippen LogP) is 3.71. The minimum Gasteiger partial charge on any atom is -0.497 e. The van der Waals surface area contributed by atoms with Crippen LogP contribution in [0.4, 0.5) is 14.9 Å². The summed E-state index contributed by atoms with van der Waals surface area (Å²) in [5.74, 6) is 0.873. The third kappa shape index (κ3) is 4.54. The summed E-state index contributed by atoms with van der Waals surface area (Å²) in [6.45, 7) is 1.63. The lowest BCUT2D eigenvalue weighted by atomic mass is 9.74. The van der Waals surface area contributed by atoms with Crippen molar-refractivity contribution >= 4 is 11.7 Å². The molecule has 1 saturated heterocycles. The normalized spacial score (nSPS) is 15.5. The van der Waals surface area contributed by atoms with Crippen molar-refractivity contribution in [3.63, 3.8) is 0 Å². The third-order valence-electron chi connectivity index (χ3n) is 5.15. The van der Waals surface area contributed by atoms with Gasteiger partial charge in [-0.15, -0.1) is 0 Å². The van der Waals surface area contributed by atoms with E-state index in [2.05, 4.69) is 10.6 Å². The fourth-order valence-electron chi connectivity index (χ4n) is 3.45. The molecule has 0 spiro atoms. The van der Waals surface area contributed by atoms with Gasteiger partial charge in [0.15, 0.2) is 0 Å². The summed E-state index contributed by atoms with van der Waals surface area (Å²) in [6, 6.07) is 11.3. The highest BCUT2D eigenvalue weighted by molar-refractivity contribution is 5.91. The molecule has 2 amide bonds. The van der Waals surface area contributed by atoms with Gasteiger partial charge in [-0.2, -0.15) is 0 Å². The van der Waals surface area contributed by atoms with Crippen molar-refractivity contribution in [2.24, 2.45) is 0 Å². The van der Waals surface area contributed by atoms with Crippen LogP contribution in [-0.2, 0) is 10.2 Å². The highest BCUT2D eigenvalue weighted by Crippen LogP contribution is 2.34. The predicted molar refractivity (Wildman–Crippen MR) is 105 cm³/mol. The SMILES string of the molecule is COc1ccc(NC(=O)NCC2(c3ccc(F)cc3)CCOCC2)c(OC)c1. The number of anilines is 1. The van der Waals surface area contributed by atoms with Crippen LogP contribution in [0.3, 0.4) is 0 Å². The van der Waals surface area contributed by atoms with Crippen LogP contribution in [0.1, 0.15) is 18.4 Å². The number of ether oxygens (including phenoxy) is 3. The fourth-order valence-corrected chi connectivity index (χ4v) is 3.45. The lowest BCUT2D eigenvalue weighted by molar-refractivity contribution is 0.0508. The number of amides is 2. The maximum Gasteiger partial charge on any atom is 0.319 e. The maximum atomic E-state index is 13.3. The van der Waals surface area contributed by atoms with Gasteiger partial charge in [-0.05, 0) is 42.7 Å². The molecule has 2 aromatic rings. The lowest BCUT2D eigenvalue weighted by Crippen LogP contribution is -2.45. The number of urea groups is 1. The molecule has 0 aliphatic carbocycles. The molecule has 1 aliphatic rings. The minimum absolute atomic E-state index is 0.275. The highest BCUT2D eigenvalue weighted by Gasteiger charge is 2.35. The molecule has 6 nitrogen and oxygen atoms in total. The number of carbonyl (C=O) groups excluding carboxylic acids is 1. The molecular formula is C21H25FN2O4. The Morgan fingerprint density at radius 3 is 2.46 bits per heavy atom. The minimum atomic E-state index is -0.337. The molecule has 28 heavy (non-hydrogen) atoms. The van der Waals surface area contributed by atoms with Crippen LogP contribution < -0.4 is 20.1 Å². The highest BCUT2D eigenvalue weighted by atomic mass is 19.1. The molecule has 0 aromatic heterocycles. The van der Waals surface area contributed by atoms with Gasteiger partial charge in [0.05, 0.1) is 19.9 Å². The molecule has 1 heterocycles. The van der Waals surface area contributed by atoms with E-state index in [1.165, 1.54) is 19.2 Å². The molecule has 0 bridgehead atoms. The largest absolute Gasteiger partial charge is 0.497 e. The molecular weight excluding hydrogens is 363 g/mol. The van der Waals surface area contributed by atoms with E-state index in [-0.39, 0.29) is 17.3 Å². The standard InChI is InChI=1S/C21H25FN2O4/c1-26-17-7-8-18(19(13-17)27-2)24-20(25)23-14-21(9-11-28-12-10-21)15-3-5-16(22)6-4-15/h3-8,13H,9-12,14H2,1-2H3,(H2,23,24,25). The van der Waals surface area contributed by atoms with Gasteiger partial charge in [0, 0.05) is 31.2 Å². The number of nitrogens with one attached hydrogen (secondary N) is 2. The molecule has 1 aliphatic heterocycles. The van der Waals surface area contributed by atoms with E-state index in [0.29, 0.717) is 36.9 Å². The molecule has 2 aromatic carbocycles. The summed E-state index contributed by atoms with van der Waals surface area (Å²) in [7, 11) is 3.10. The number of hydrogen-bond acceptors (Lipinski definition) is 4. The lowest BCUT2D eigenvalue weighted by Gasteiger charge is -2.38. The Bertz CT molecular complexity index is 805. The zero-order chi connectivity index (χ0) is 20.0. The third-order valence-corrected chi connectivity index (χ3v) is 5.15. The molecule has 0 radical (unpaired) electrons. The van der Waals surface area contributed by atoms with Gasteiger partial charge in [-0.3, -0.25) is 0 Å². The average Bonchev–Trinajstić information content (AvgIpc) is 2.73. The van der Waals surface area contributed by atoms with Crippen molar-refractivity contribution in [3.05, 3.63) is 53.8 Å². The Morgan fingerprint density at radius 2 is 1.82 bits per heavy atom. The summed E-state index contributed by atoms with van der Waals surface area (Å²) in [6.07, 6.45) is 1.51. The van der Waals surface area contributed by atoms with Crippen molar-refractivity contribution in [1.82, 2.24) is 5.32 Å². The first-order chi connectivity index (χ1) is 13.6. The van der Waals surface area contributed by atoms with Crippen LogP contribution in [0.2, 0.25) is 0 Å². The second kappa shape index (κ2) is 8.93. The molecule has 0 saturated carbocycles. The summed E-state index contributed by atoms with van der Waals surface area (Å²) < 4.78 is 29.3. The maximum absolute atomic E-state index is 13.3. The van der Waals surface area contributed by atoms with Crippen molar-refractivity contribution in [2.45, 2.75) is 18.3 Å². The van der Waals surface area contributed by atoms with Gasteiger partial charge < -0.3 is 24.8 Å². The number of benzene rings is 2. The van der Waals surface area contributed by atoms with Crippen LogP contribution in [0.5, 0.6) is 11.5 Å². The molecule has 0 unspecified atom stereocenters. The van der Waals surface area contributed by atoms with Gasteiger partial charge in [-0.25, -0.2) is 9.18 Å². The Morgan fingerprint density at radius 1 is 1.11 bits per heavy atom. The Kier molecular flexibility index (Phi) is 6.36. The quantitative estimate of drug-likeness (QED) is 0.792. The number of halogens is 1.